The van der Waals surface area contributed by atoms with E-state index in [4.69, 9.17) is 0 Å². The van der Waals surface area contributed by atoms with Crippen molar-refractivity contribution in [1.29, 1.82) is 0 Å². The fraction of sp³-hybridized carbons (Fsp3) is 0.682. The van der Waals surface area contributed by atoms with Crippen molar-refractivity contribution in [2.24, 2.45) is 0 Å². The van der Waals surface area contributed by atoms with Crippen molar-refractivity contribution in [3.05, 3.63) is 29.8 Å². The number of hydrogen-bond acceptors (Lipinski definition) is 6. The van der Waals surface area contributed by atoms with E-state index in [0.717, 1.165) is 44.4 Å². The SMILES string of the molecule is CCN(CCCNCCCCCC1CCSS1)CCNC(=O)c1ccccc1O. The van der Waals surface area contributed by atoms with Gasteiger partial charge in [0.05, 0.1) is 5.56 Å². The Kier molecular flexibility index (Phi) is 12.6. The lowest BCUT2D eigenvalue weighted by atomic mass is 10.1. The molecule has 5 nitrogen and oxygen atoms in total. The molecule has 0 aliphatic carbocycles. The van der Waals surface area contributed by atoms with Gasteiger partial charge in [-0.2, -0.15) is 0 Å². The van der Waals surface area contributed by atoms with Gasteiger partial charge < -0.3 is 20.6 Å². The van der Waals surface area contributed by atoms with Crippen molar-refractivity contribution in [3.63, 3.8) is 0 Å². The van der Waals surface area contributed by atoms with Gasteiger partial charge in [-0.3, -0.25) is 4.79 Å². The molecule has 1 fully saturated rings. The Morgan fingerprint density at radius 3 is 2.72 bits per heavy atom. The van der Waals surface area contributed by atoms with E-state index in [-0.39, 0.29) is 11.7 Å². The number of amides is 1. The summed E-state index contributed by atoms with van der Waals surface area (Å²) in [5.41, 5.74) is 0.334. The Balaban J connectivity index is 1.44. The molecular formula is C22H37N3O2S2. The molecule has 1 unspecified atom stereocenters. The van der Waals surface area contributed by atoms with Gasteiger partial charge in [-0.05, 0) is 64.0 Å². The Labute approximate surface area is 184 Å². The number of aromatic hydroxyl groups is 1. The predicted molar refractivity (Wildman–Crippen MR) is 127 cm³/mol. The first-order valence-electron chi connectivity index (χ1n) is 11.0. The molecule has 1 atom stereocenters. The number of unbranched alkanes of at least 4 members (excludes halogenated alkanes) is 2. The lowest BCUT2D eigenvalue weighted by Gasteiger charge is -2.20. The number of para-hydroxylation sites is 1. The smallest absolute Gasteiger partial charge is 0.255 e. The standard InChI is InChI=1S/C22H37N3O2S2/c1-2-25(17-15-24-22(27)20-10-5-6-11-21(20)26)16-8-14-23-13-7-3-4-9-19-12-18-28-29-19/h5-6,10-11,19,23,26H,2-4,7-9,12-18H2,1H3,(H,24,27). The fourth-order valence-electron chi connectivity index (χ4n) is 3.43. The highest BCUT2D eigenvalue weighted by molar-refractivity contribution is 8.77. The number of likely N-dealkylation sites (N-methyl/N-ethyl adjacent to an activating group) is 1. The molecule has 0 bridgehead atoms. The van der Waals surface area contributed by atoms with E-state index in [9.17, 15) is 9.90 Å². The van der Waals surface area contributed by atoms with E-state index in [1.54, 1.807) is 18.2 Å². The van der Waals surface area contributed by atoms with Crippen LogP contribution in [0.1, 0.15) is 55.8 Å². The van der Waals surface area contributed by atoms with Gasteiger partial charge in [-0.1, -0.05) is 53.5 Å². The van der Waals surface area contributed by atoms with Gasteiger partial charge in [0.25, 0.3) is 5.91 Å². The Hall–Kier alpha value is -0.890. The highest BCUT2D eigenvalue weighted by atomic mass is 33.1. The molecule has 1 heterocycles. The number of phenolic OH excluding ortho intramolecular Hbond substituents is 1. The van der Waals surface area contributed by atoms with Crippen molar-refractivity contribution in [3.8, 4) is 5.75 Å². The molecule has 1 aromatic carbocycles. The predicted octanol–water partition coefficient (Wildman–Crippen LogP) is 4.14. The van der Waals surface area contributed by atoms with Gasteiger partial charge in [0.2, 0.25) is 0 Å². The lowest BCUT2D eigenvalue weighted by Crippen LogP contribution is -2.36. The molecule has 164 valence electrons. The molecule has 1 aliphatic rings. The molecule has 7 heteroatoms. The molecule has 0 saturated carbocycles. The first-order valence-corrected chi connectivity index (χ1v) is 13.4. The zero-order valence-electron chi connectivity index (χ0n) is 17.7. The van der Waals surface area contributed by atoms with Gasteiger partial charge in [0, 0.05) is 24.1 Å². The lowest BCUT2D eigenvalue weighted by molar-refractivity contribution is 0.0946. The maximum absolute atomic E-state index is 12.1. The Morgan fingerprint density at radius 1 is 1.14 bits per heavy atom. The second-order valence-corrected chi connectivity index (χ2v) is 10.3. The van der Waals surface area contributed by atoms with Crippen molar-refractivity contribution < 1.29 is 9.90 Å². The summed E-state index contributed by atoms with van der Waals surface area (Å²) in [7, 11) is 4.13. The van der Waals surface area contributed by atoms with Gasteiger partial charge in [-0.15, -0.1) is 0 Å². The number of phenols is 1. The maximum atomic E-state index is 12.1. The van der Waals surface area contributed by atoms with E-state index in [2.05, 4.69) is 33.3 Å². The molecule has 2 rings (SSSR count). The number of hydrogen-bond donors (Lipinski definition) is 3. The molecule has 29 heavy (non-hydrogen) atoms. The molecule has 3 N–H and O–H groups in total. The third kappa shape index (κ3) is 10.1. The van der Waals surface area contributed by atoms with E-state index in [1.807, 2.05) is 10.8 Å². The van der Waals surface area contributed by atoms with Crippen LogP contribution in [0.15, 0.2) is 24.3 Å². The van der Waals surface area contributed by atoms with Crippen LogP contribution in [0.3, 0.4) is 0 Å². The second-order valence-electron chi connectivity index (χ2n) is 7.49. The normalized spacial score (nSPS) is 16.4. The molecule has 1 amide bonds. The first-order chi connectivity index (χ1) is 14.2. The van der Waals surface area contributed by atoms with Crippen LogP contribution >= 0.6 is 21.6 Å². The minimum Gasteiger partial charge on any atom is -0.507 e. The van der Waals surface area contributed by atoms with Gasteiger partial charge in [0.1, 0.15) is 5.75 Å². The Bertz CT molecular complexity index is 583. The number of carbonyl (C=O) groups excluding carboxylic acids is 1. The average Bonchev–Trinajstić information content (AvgIpc) is 3.25. The second kappa shape index (κ2) is 15.0. The molecule has 1 saturated heterocycles. The van der Waals surface area contributed by atoms with Crippen LogP contribution in [0.2, 0.25) is 0 Å². The summed E-state index contributed by atoms with van der Waals surface area (Å²) in [5, 5.41) is 17.1. The van der Waals surface area contributed by atoms with Crippen LogP contribution < -0.4 is 10.6 Å². The van der Waals surface area contributed by atoms with Gasteiger partial charge >= 0.3 is 0 Å². The quantitative estimate of drug-likeness (QED) is 0.282. The minimum atomic E-state index is -0.217. The zero-order chi connectivity index (χ0) is 20.7. The number of carbonyl (C=O) groups is 1. The van der Waals surface area contributed by atoms with Crippen LogP contribution in [0.4, 0.5) is 0 Å². The number of nitrogens with zero attached hydrogens (tertiary/aromatic N) is 1. The minimum absolute atomic E-state index is 0.0276. The summed E-state index contributed by atoms with van der Waals surface area (Å²) in [6.45, 7) is 7.75. The van der Waals surface area contributed by atoms with Gasteiger partial charge in [0.15, 0.2) is 0 Å². The fourth-order valence-corrected chi connectivity index (χ4v) is 6.46. The van der Waals surface area contributed by atoms with Crippen LogP contribution in [-0.2, 0) is 0 Å². The van der Waals surface area contributed by atoms with Crippen molar-refractivity contribution in [1.82, 2.24) is 15.5 Å². The molecule has 0 aromatic heterocycles. The summed E-state index contributed by atoms with van der Waals surface area (Å²) < 4.78 is 0. The molecule has 1 aliphatic heterocycles. The van der Waals surface area contributed by atoms with E-state index >= 15 is 0 Å². The largest absolute Gasteiger partial charge is 0.507 e. The highest BCUT2D eigenvalue weighted by Gasteiger charge is 2.15. The van der Waals surface area contributed by atoms with Crippen LogP contribution in [0.5, 0.6) is 5.75 Å². The highest BCUT2D eigenvalue weighted by Crippen LogP contribution is 2.39. The van der Waals surface area contributed by atoms with Gasteiger partial charge in [-0.25, -0.2) is 0 Å². The van der Waals surface area contributed by atoms with E-state index < -0.39 is 0 Å². The summed E-state index contributed by atoms with van der Waals surface area (Å²) in [5.74, 6) is 1.15. The zero-order valence-corrected chi connectivity index (χ0v) is 19.3. The molecule has 1 aromatic rings. The summed E-state index contributed by atoms with van der Waals surface area (Å²) in [6.07, 6.45) is 7.91. The van der Waals surface area contributed by atoms with Crippen molar-refractivity contribution in [2.75, 3.05) is 45.0 Å². The maximum Gasteiger partial charge on any atom is 0.255 e. The first kappa shape index (κ1) is 24.4. The number of benzene rings is 1. The van der Waals surface area contributed by atoms with E-state index in [0.29, 0.717) is 12.1 Å². The third-order valence-corrected chi connectivity index (χ3v) is 8.25. The van der Waals surface area contributed by atoms with Crippen LogP contribution in [0, 0.1) is 0 Å². The summed E-state index contributed by atoms with van der Waals surface area (Å²) >= 11 is 0. The monoisotopic (exact) mass is 439 g/mol. The van der Waals surface area contributed by atoms with Crippen molar-refractivity contribution >= 4 is 27.5 Å². The molecule has 0 spiro atoms. The van der Waals surface area contributed by atoms with Crippen molar-refractivity contribution in [2.45, 2.75) is 50.7 Å². The number of rotatable bonds is 15. The summed E-state index contributed by atoms with van der Waals surface area (Å²) in [6, 6.07) is 6.65. The molecule has 0 radical (unpaired) electrons. The molecular weight excluding hydrogens is 402 g/mol. The van der Waals surface area contributed by atoms with Crippen LogP contribution in [0.25, 0.3) is 0 Å². The number of nitrogens with one attached hydrogen (secondary N) is 2. The van der Waals surface area contributed by atoms with Crippen LogP contribution in [-0.4, -0.2) is 66.2 Å². The topological polar surface area (TPSA) is 64.6 Å². The Morgan fingerprint density at radius 2 is 1.97 bits per heavy atom. The third-order valence-electron chi connectivity index (χ3n) is 5.24. The average molecular weight is 440 g/mol. The summed E-state index contributed by atoms with van der Waals surface area (Å²) in [4.78, 5) is 14.5. The van der Waals surface area contributed by atoms with E-state index in [1.165, 1.54) is 43.9 Å².